The van der Waals surface area contributed by atoms with Crippen molar-refractivity contribution in [1.29, 1.82) is 0 Å². The zero-order valence-electron chi connectivity index (χ0n) is 12.1. The molecule has 2 rings (SSSR count). The van der Waals surface area contributed by atoms with Gasteiger partial charge in [0, 0.05) is 19.1 Å². The number of methoxy groups -OCH3 is 1. The van der Waals surface area contributed by atoms with Crippen molar-refractivity contribution in [2.45, 2.75) is 25.9 Å². The van der Waals surface area contributed by atoms with Crippen molar-refractivity contribution in [2.24, 2.45) is 0 Å². The maximum absolute atomic E-state index is 12.0. The normalized spacial score (nSPS) is 11.9. The second kappa shape index (κ2) is 6.20. The molecule has 1 aromatic heterocycles. The number of ether oxygens (including phenoxy) is 2. The first kappa shape index (κ1) is 14.8. The molecule has 0 N–H and O–H groups in total. The Kier molecular flexibility index (Phi) is 4.57. The summed E-state index contributed by atoms with van der Waals surface area (Å²) in [5, 5.41) is 0.927. The van der Waals surface area contributed by atoms with E-state index in [2.05, 4.69) is 0 Å². The highest BCUT2D eigenvalue weighted by Crippen LogP contribution is 2.19. The van der Waals surface area contributed by atoms with Crippen LogP contribution in [0.1, 0.15) is 30.8 Å². The van der Waals surface area contributed by atoms with E-state index in [-0.39, 0.29) is 18.0 Å². The lowest BCUT2D eigenvalue weighted by Crippen LogP contribution is -2.25. The van der Waals surface area contributed by atoms with Crippen LogP contribution in [0.15, 0.2) is 34.7 Å². The Labute approximate surface area is 118 Å². The Morgan fingerprint density at radius 1 is 1.30 bits per heavy atom. The molecule has 0 aliphatic carbocycles. The molecular formula is C16H20O4. The van der Waals surface area contributed by atoms with Gasteiger partial charge in [-0.05, 0) is 32.4 Å². The number of para-hydroxylation sites is 1. The summed E-state index contributed by atoms with van der Waals surface area (Å²) < 4.78 is 16.2. The highest BCUT2D eigenvalue weighted by atomic mass is 16.5. The standard InChI is InChI=1S/C16H20O4/c1-16(2,18-3)8-9-19-11-13(17)15-10-12-6-4-5-7-14(12)20-15/h4-7,10H,8-9,11H2,1-3H3. The Hall–Kier alpha value is -1.65. The summed E-state index contributed by atoms with van der Waals surface area (Å²) in [5.74, 6) is 0.202. The first-order chi connectivity index (χ1) is 9.52. The van der Waals surface area contributed by atoms with Gasteiger partial charge in [0.1, 0.15) is 12.2 Å². The third-order valence-corrected chi connectivity index (χ3v) is 3.33. The van der Waals surface area contributed by atoms with Gasteiger partial charge < -0.3 is 13.9 Å². The van der Waals surface area contributed by atoms with Gasteiger partial charge in [0.15, 0.2) is 5.76 Å². The predicted octanol–water partition coefficient (Wildman–Crippen LogP) is 3.45. The van der Waals surface area contributed by atoms with Gasteiger partial charge in [-0.2, -0.15) is 0 Å². The molecule has 0 radical (unpaired) electrons. The molecule has 0 aliphatic rings. The van der Waals surface area contributed by atoms with Gasteiger partial charge in [-0.15, -0.1) is 0 Å². The Morgan fingerprint density at radius 3 is 2.75 bits per heavy atom. The van der Waals surface area contributed by atoms with Crippen molar-refractivity contribution in [3.05, 3.63) is 36.1 Å². The van der Waals surface area contributed by atoms with Gasteiger partial charge in [-0.1, -0.05) is 18.2 Å². The van der Waals surface area contributed by atoms with E-state index in [1.807, 2.05) is 38.1 Å². The highest BCUT2D eigenvalue weighted by molar-refractivity contribution is 5.98. The van der Waals surface area contributed by atoms with E-state index in [0.717, 1.165) is 17.4 Å². The molecule has 108 valence electrons. The van der Waals surface area contributed by atoms with Crippen molar-refractivity contribution in [2.75, 3.05) is 20.3 Å². The lowest BCUT2D eigenvalue weighted by Gasteiger charge is -2.22. The van der Waals surface area contributed by atoms with Crippen molar-refractivity contribution in [1.82, 2.24) is 0 Å². The van der Waals surface area contributed by atoms with Crippen molar-refractivity contribution in [3.63, 3.8) is 0 Å². The second-order valence-electron chi connectivity index (χ2n) is 5.34. The molecule has 0 unspecified atom stereocenters. The molecule has 1 aromatic carbocycles. The Bertz CT molecular complexity index is 550. The van der Waals surface area contributed by atoms with Gasteiger partial charge in [0.05, 0.1) is 5.60 Å². The molecule has 0 amide bonds. The van der Waals surface area contributed by atoms with Gasteiger partial charge in [-0.3, -0.25) is 4.79 Å². The average molecular weight is 276 g/mol. The molecule has 0 saturated carbocycles. The number of rotatable bonds is 7. The van der Waals surface area contributed by atoms with Gasteiger partial charge >= 0.3 is 0 Å². The number of fused-ring (bicyclic) bond motifs is 1. The molecule has 0 bridgehead atoms. The maximum Gasteiger partial charge on any atom is 0.223 e. The molecule has 0 saturated heterocycles. The number of hydrogen-bond acceptors (Lipinski definition) is 4. The maximum atomic E-state index is 12.0. The van der Waals surface area contributed by atoms with Crippen LogP contribution in [0.4, 0.5) is 0 Å². The average Bonchev–Trinajstić information content (AvgIpc) is 2.87. The fraction of sp³-hybridized carbons (Fsp3) is 0.438. The van der Waals surface area contributed by atoms with Crippen LogP contribution >= 0.6 is 0 Å². The number of hydrogen-bond donors (Lipinski definition) is 0. The van der Waals surface area contributed by atoms with Gasteiger partial charge in [-0.25, -0.2) is 0 Å². The van der Waals surface area contributed by atoms with Crippen LogP contribution in [0.5, 0.6) is 0 Å². The molecule has 0 aliphatic heterocycles. The molecule has 0 spiro atoms. The third kappa shape index (κ3) is 3.68. The lowest BCUT2D eigenvalue weighted by atomic mass is 10.1. The van der Waals surface area contributed by atoms with E-state index in [1.54, 1.807) is 13.2 Å². The Balaban J connectivity index is 1.86. The minimum Gasteiger partial charge on any atom is -0.453 e. The SMILES string of the molecule is COC(C)(C)CCOCC(=O)c1cc2ccccc2o1. The van der Waals surface area contributed by atoms with Crippen LogP contribution in [-0.2, 0) is 9.47 Å². The summed E-state index contributed by atoms with van der Waals surface area (Å²) in [6.45, 7) is 4.47. The first-order valence-electron chi connectivity index (χ1n) is 6.66. The largest absolute Gasteiger partial charge is 0.453 e. The monoisotopic (exact) mass is 276 g/mol. The van der Waals surface area contributed by atoms with Crippen LogP contribution in [0, 0.1) is 0 Å². The van der Waals surface area contributed by atoms with Crippen LogP contribution in [0.25, 0.3) is 11.0 Å². The molecule has 4 nitrogen and oxygen atoms in total. The number of carbonyl (C=O) groups excluding carboxylic acids is 1. The molecule has 1 heterocycles. The summed E-state index contributed by atoms with van der Waals surface area (Å²) >= 11 is 0. The summed E-state index contributed by atoms with van der Waals surface area (Å²) in [7, 11) is 1.67. The van der Waals surface area contributed by atoms with Crippen molar-refractivity contribution >= 4 is 16.8 Å². The van der Waals surface area contributed by atoms with E-state index in [1.165, 1.54) is 0 Å². The van der Waals surface area contributed by atoms with E-state index in [0.29, 0.717) is 12.4 Å². The van der Waals surface area contributed by atoms with Crippen molar-refractivity contribution in [3.8, 4) is 0 Å². The summed E-state index contributed by atoms with van der Waals surface area (Å²) in [6.07, 6.45) is 0.733. The first-order valence-corrected chi connectivity index (χ1v) is 6.66. The van der Waals surface area contributed by atoms with Crippen molar-refractivity contribution < 1.29 is 18.7 Å². The van der Waals surface area contributed by atoms with E-state index >= 15 is 0 Å². The smallest absolute Gasteiger partial charge is 0.223 e. The minimum absolute atomic E-state index is 0.0274. The lowest BCUT2D eigenvalue weighted by molar-refractivity contribution is -0.00854. The zero-order chi connectivity index (χ0) is 14.6. The molecule has 2 aromatic rings. The zero-order valence-corrected chi connectivity index (χ0v) is 12.1. The topological polar surface area (TPSA) is 48.7 Å². The third-order valence-electron chi connectivity index (χ3n) is 3.33. The highest BCUT2D eigenvalue weighted by Gasteiger charge is 2.17. The molecule has 0 fully saturated rings. The van der Waals surface area contributed by atoms with Gasteiger partial charge in [0.25, 0.3) is 0 Å². The number of ketones is 1. The van der Waals surface area contributed by atoms with Crippen LogP contribution in [-0.4, -0.2) is 31.7 Å². The fourth-order valence-electron chi connectivity index (χ4n) is 1.78. The van der Waals surface area contributed by atoms with Crippen LogP contribution in [0.3, 0.4) is 0 Å². The predicted molar refractivity (Wildman–Crippen MR) is 77.1 cm³/mol. The number of furan rings is 1. The van der Waals surface area contributed by atoms with E-state index in [4.69, 9.17) is 13.9 Å². The summed E-state index contributed by atoms with van der Waals surface area (Å²) in [6, 6.07) is 9.30. The minimum atomic E-state index is -0.234. The number of Topliss-reactive ketones (excluding diaryl/α,β-unsaturated/α-hetero) is 1. The van der Waals surface area contributed by atoms with Crippen LogP contribution in [0.2, 0.25) is 0 Å². The molecular weight excluding hydrogens is 256 g/mol. The van der Waals surface area contributed by atoms with Crippen LogP contribution < -0.4 is 0 Å². The number of benzene rings is 1. The van der Waals surface area contributed by atoms with E-state index in [9.17, 15) is 4.79 Å². The quantitative estimate of drug-likeness (QED) is 0.574. The fourth-order valence-corrected chi connectivity index (χ4v) is 1.78. The molecule has 0 atom stereocenters. The molecule has 4 heteroatoms. The number of carbonyl (C=O) groups is 1. The molecule has 20 heavy (non-hydrogen) atoms. The second-order valence-corrected chi connectivity index (χ2v) is 5.34. The van der Waals surface area contributed by atoms with E-state index < -0.39 is 0 Å². The summed E-state index contributed by atoms with van der Waals surface area (Å²) in [5.41, 5.74) is 0.485. The summed E-state index contributed by atoms with van der Waals surface area (Å²) in [4.78, 5) is 12.0. The van der Waals surface area contributed by atoms with Gasteiger partial charge in [0.2, 0.25) is 5.78 Å². The Morgan fingerprint density at radius 2 is 2.05 bits per heavy atom.